The maximum absolute atomic E-state index is 13.8. The topological polar surface area (TPSA) is 17.8 Å². The Morgan fingerprint density at radius 1 is 1.00 bits per heavy atom. The summed E-state index contributed by atoms with van der Waals surface area (Å²) in [5, 5.41) is 0. The molecule has 0 unspecified atom stereocenters. The van der Waals surface area contributed by atoms with Crippen LogP contribution < -0.4 is 0 Å². The predicted octanol–water partition coefficient (Wildman–Crippen LogP) is 3.47. The van der Waals surface area contributed by atoms with E-state index in [1.165, 1.54) is 6.07 Å². The quantitative estimate of drug-likeness (QED) is 0.621. The number of rotatable bonds is 1. The van der Waals surface area contributed by atoms with Crippen molar-refractivity contribution in [1.82, 2.24) is 9.55 Å². The molecule has 0 N–H and O–H groups in total. The lowest BCUT2D eigenvalue weighted by Gasteiger charge is -2.07. The number of imidazole rings is 1. The van der Waals surface area contributed by atoms with E-state index in [-0.39, 0.29) is 5.82 Å². The number of benzene rings is 2. The molecular weight excluding hydrogens is 215 g/mol. The Morgan fingerprint density at radius 3 is 2.53 bits per heavy atom. The molecule has 1 heterocycles. The lowest BCUT2D eigenvalue weighted by atomic mass is 10.2. The average molecular weight is 226 g/mol. The van der Waals surface area contributed by atoms with Gasteiger partial charge in [-0.3, -0.25) is 4.57 Å². The van der Waals surface area contributed by atoms with Crippen molar-refractivity contribution < 1.29 is 4.39 Å². The third-order valence-electron chi connectivity index (χ3n) is 2.82. The average Bonchev–Trinajstić information content (AvgIpc) is 2.66. The first-order valence-electron chi connectivity index (χ1n) is 5.46. The standard InChI is InChI=1S/C14H11FN2/c1-10-16-12-7-3-5-9-14(12)17(10)13-8-4-2-6-11(13)15/h2-9H,1H3. The van der Waals surface area contributed by atoms with Crippen molar-refractivity contribution in [2.24, 2.45) is 0 Å². The molecule has 2 nitrogen and oxygen atoms in total. The van der Waals surface area contributed by atoms with Crippen molar-refractivity contribution in [3.8, 4) is 5.69 Å². The second-order valence-electron chi connectivity index (χ2n) is 3.93. The highest BCUT2D eigenvalue weighted by atomic mass is 19.1. The summed E-state index contributed by atoms with van der Waals surface area (Å²) in [6.07, 6.45) is 0. The third-order valence-corrected chi connectivity index (χ3v) is 2.82. The Bertz CT molecular complexity index is 686. The summed E-state index contributed by atoms with van der Waals surface area (Å²) in [5.74, 6) is 0.551. The highest BCUT2D eigenvalue weighted by Gasteiger charge is 2.11. The van der Waals surface area contributed by atoms with E-state index in [2.05, 4.69) is 4.98 Å². The number of nitrogens with zero attached hydrogens (tertiary/aromatic N) is 2. The second-order valence-corrected chi connectivity index (χ2v) is 3.93. The first-order chi connectivity index (χ1) is 8.27. The Balaban J connectivity index is 2.38. The number of aryl methyl sites for hydroxylation is 1. The van der Waals surface area contributed by atoms with Crippen molar-refractivity contribution in [2.75, 3.05) is 0 Å². The summed E-state index contributed by atoms with van der Waals surface area (Å²) in [4.78, 5) is 4.43. The van der Waals surface area contributed by atoms with Crippen LogP contribution in [0.15, 0.2) is 48.5 Å². The molecule has 0 aliphatic heterocycles. The SMILES string of the molecule is Cc1nc2ccccc2n1-c1ccccc1F. The van der Waals surface area contributed by atoms with Gasteiger partial charge in [-0.2, -0.15) is 0 Å². The molecule has 1 aromatic heterocycles. The van der Waals surface area contributed by atoms with Gasteiger partial charge in [-0.1, -0.05) is 24.3 Å². The molecule has 0 spiro atoms. The van der Waals surface area contributed by atoms with Crippen LogP contribution in [-0.4, -0.2) is 9.55 Å². The number of para-hydroxylation sites is 3. The first kappa shape index (κ1) is 10.0. The van der Waals surface area contributed by atoms with Crippen molar-refractivity contribution in [3.63, 3.8) is 0 Å². The molecule has 17 heavy (non-hydrogen) atoms. The van der Waals surface area contributed by atoms with E-state index in [4.69, 9.17) is 0 Å². The molecular formula is C14H11FN2. The van der Waals surface area contributed by atoms with Crippen LogP contribution in [-0.2, 0) is 0 Å². The monoisotopic (exact) mass is 226 g/mol. The van der Waals surface area contributed by atoms with Crippen molar-refractivity contribution in [2.45, 2.75) is 6.92 Å². The smallest absolute Gasteiger partial charge is 0.147 e. The molecule has 3 aromatic rings. The fraction of sp³-hybridized carbons (Fsp3) is 0.0714. The lowest BCUT2D eigenvalue weighted by Crippen LogP contribution is -1.99. The van der Waals surface area contributed by atoms with Gasteiger partial charge in [-0.25, -0.2) is 9.37 Å². The van der Waals surface area contributed by atoms with Gasteiger partial charge in [0.15, 0.2) is 0 Å². The largest absolute Gasteiger partial charge is 0.294 e. The van der Waals surface area contributed by atoms with Crippen LogP contribution in [0.5, 0.6) is 0 Å². The number of hydrogen-bond donors (Lipinski definition) is 0. The molecule has 0 fully saturated rings. The molecule has 0 saturated heterocycles. The number of aromatic nitrogens is 2. The van der Waals surface area contributed by atoms with E-state index in [1.54, 1.807) is 12.1 Å². The minimum atomic E-state index is -0.237. The molecule has 0 aliphatic carbocycles. The van der Waals surface area contributed by atoms with Gasteiger partial charge < -0.3 is 0 Å². The fourth-order valence-corrected chi connectivity index (χ4v) is 2.08. The Hall–Kier alpha value is -2.16. The van der Waals surface area contributed by atoms with E-state index < -0.39 is 0 Å². The zero-order valence-electron chi connectivity index (χ0n) is 9.39. The number of hydrogen-bond acceptors (Lipinski definition) is 1. The Morgan fingerprint density at radius 2 is 1.71 bits per heavy atom. The molecule has 84 valence electrons. The third kappa shape index (κ3) is 1.51. The number of fused-ring (bicyclic) bond motifs is 1. The summed E-state index contributed by atoms with van der Waals surface area (Å²) in [5.41, 5.74) is 2.35. The van der Waals surface area contributed by atoms with Crippen LogP contribution in [0.1, 0.15) is 5.82 Å². The molecule has 0 saturated carbocycles. The zero-order chi connectivity index (χ0) is 11.8. The van der Waals surface area contributed by atoms with E-state index >= 15 is 0 Å². The summed E-state index contributed by atoms with van der Waals surface area (Å²) >= 11 is 0. The predicted molar refractivity (Wildman–Crippen MR) is 65.8 cm³/mol. The molecule has 0 amide bonds. The molecule has 0 radical (unpaired) electrons. The van der Waals surface area contributed by atoms with Crippen LogP contribution in [0, 0.1) is 12.7 Å². The van der Waals surface area contributed by atoms with E-state index in [0.29, 0.717) is 5.69 Å². The van der Waals surface area contributed by atoms with Crippen molar-refractivity contribution in [1.29, 1.82) is 0 Å². The van der Waals surface area contributed by atoms with Gasteiger partial charge in [0, 0.05) is 0 Å². The van der Waals surface area contributed by atoms with E-state index in [0.717, 1.165) is 16.9 Å². The van der Waals surface area contributed by atoms with Gasteiger partial charge in [0.1, 0.15) is 11.6 Å². The Kier molecular flexibility index (Phi) is 2.18. The van der Waals surface area contributed by atoms with Crippen LogP contribution in [0.25, 0.3) is 16.7 Å². The molecule has 3 rings (SSSR count). The molecule has 0 bridgehead atoms. The first-order valence-corrected chi connectivity index (χ1v) is 5.46. The molecule has 0 aliphatic rings. The summed E-state index contributed by atoms with van der Waals surface area (Å²) in [7, 11) is 0. The van der Waals surface area contributed by atoms with Gasteiger partial charge >= 0.3 is 0 Å². The van der Waals surface area contributed by atoms with Gasteiger partial charge in [-0.15, -0.1) is 0 Å². The van der Waals surface area contributed by atoms with Crippen LogP contribution in [0.2, 0.25) is 0 Å². The molecule has 0 atom stereocenters. The van der Waals surface area contributed by atoms with Crippen LogP contribution in [0.4, 0.5) is 4.39 Å². The van der Waals surface area contributed by atoms with Crippen molar-refractivity contribution in [3.05, 3.63) is 60.2 Å². The number of halogens is 1. The maximum atomic E-state index is 13.8. The molecule has 2 aromatic carbocycles. The summed E-state index contributed by atoms with van der Waals surface area (Å²) in [6.45, 7) is 1.88. The minimum absolute atomic E-state index is 0.237. The Labute approximate surface area is 98.3 Å². The van der Waals surface area contributed by atoms with Crippen LogP contribution >= 0.6 is 0 Å². The highest BCUT2D eigenvalue weighted by Crippen LogP contribution is 2.22. The zero-order valence-corrected chi connectivity index (χ0v) is 9.39. The van der Waals surface area contributed by atoms with Gasteiger partial charge in [0.05, 0.1) is 16.7 Å². The molecule has 3 heteroatoms. The van der Waals surface area contributed by atoms with Gasteiger partial charge in [0.25, 0.3) is 0 Å². The maximum Gasteiger partial charge on any atom is 0.147 e. The highest BCUT2D eigenvalue weighted by molar-refractivity contribution is 5.78. The normalized spacial score (nSPS) is 10.9. The van der Waals surface area contributed by atoms with Crippen LogP contribution in [0.3, 0.4) is 0 Å². The summed E-state index contributed by atoms with van der Waals surface area (Å²) < 4.78 is 15.7. The second kappa shape index (κ2) is 3.70. The van der Waals surface area contributed by atoms with Crippen molar-refractivity contribution >= 4 is 11.0 Å². The minimum Gasteiger partial charge on any atom is -0.294 e. The fourth-order valence-electron chi connectivity index (χ4n) is 2.08. The van der Waals surface area contributed by atoms with Gasteiger partial charge in [-0.05, 0) is 31.2 Å². The van der Waals surface area contributed by atoms with Gasteiger partial charge in [0.2, 0.25) is 0 Å². The van der Waals surface area contributed by atoms with E-state index in [1.807, 2.05) is 41.8 Å². The summed E-state index contributed by atoms with van der Waals surface area (Å²) in [6, 6.07) is 14.5. The van der Waals surface area contributed by atoms with E-state index in [9.17, 15) is 4.39 Å². The lowest BCUT2D eigenvalue weighted by molar-refractivity contribution is 0.618.